The number of esters is 1. The molecule has 3 nitrogen and oxygen atoms in total. The molecule has 0 saturated carbocycles. The number of rotatable bonds is 4. The van der Waals surface area contributed by atoms with Gasteiger partial charge < -0.3 is 4.74 Å². The lowest BCUT2D eigenvalue weighted by Crippen LogP contribution is -2.58. The lowest BCUT2D eigenvalue weighted by molar-refractivity contribution is -0.156. The van der Waals surface area contributed by atoms with Crippen molar-refractivity contribution in [3.8, 4) is 0 Å². The van der Waals surface area contributed by atoms with Gasteiger partial charge in [-0.25, -0.2) is 0 Å². The van der Waals surface area contributed by atoms with E-state index in [0.29, 0.717) is 12.8 Å². The number of fused-ring (bicyclic) bond motifs is 1. The van der Waals surface area contributed by atoms with Crippen LogP contribution in [0.5, 0.6) is 0 Å². The largest absolute Gasteiger partial charge is 0.465 e. The molecule has 1 N–H and O–H groups in total. The van der Waals surface area contributed by atoms with E-state index in [1.807, 2.05) is 24.3 Å². The summed E-state index contributed by atoms with van der Waals surface area (Å²) in [6, 6.07) is 7.50. The lowest BCUT2D eigenvalue weighted by atomic mass is 9.78. The molecule has 1 aromatic carbocycles. The van der Waals surface area contributed by atoms with Crippen molar-refractivity contribution < 1.29 is 22.7 Å². The van der Waals surface area contributed by atoms with Crippen LogP contribution in [0.1, 0.15) is 24.5 Å². The third-order valence-corrected chi connectivity index (χ3v) is 3.73. The van der Waals surface area contributed by atoms with Crippen LogP contribution in [0, 0.1) is 0 Å². The minimum absolute atomic E-state index is 0.149. The smallest absolute Gasteiger partial charge is 0.401 e. The summed E-state index contributed by atoms with van der Waals surface area (Å²) in [5.41, 5.74) is 0.678. The van der Waals surface area contributed by atoms with Crippen molar-refractivity contribution in [2.45, 2.75) is 37.9 Å². The normalized spacial score (nSPS) is 21.7. The van der Waals surface area contributed by atoms with E-state index in [2.05, 4.69) is 5.32 Å². The first-order chi connectivity index (χ1) is 9.86. The molecule has 1 unspecified atom stereocenters. The molecule has 0 amide bonds. The number of ether oxygens (including phenoxy) is 1. The average molecular weight is 301 g/mol. The molecule has 116 valence electrons. The molecule has 0 spiro atoms. The Labute approximate surface area is 121 Å². The van der Waals surface area contributed by atoms with Crippen molar-refractivity contribution in [3.63, 3.8) is 0 Å². The highest BCUT2D eigenvalue weighted by atomic mass is 19.4. The molecule has 0 fully saturated rings. The van der Waals surface area contributed by atoms with E-state index >= 15 is 0 Å². The maximum Gasteiger partial charge on any atom is 0.401 e. The average Bonchev–Trinajstić information content (AvgIpc) is 2.44. The van der Waals surface area contributed by atoms with Crippen LogP contribution in [0.25, 0.3) is 0 Å². The van der Waals surface area contributed by atoms with Gasteiger partial charge in [0.2, 0.25) is 0 Å². The lowest BCUT2D eigenvalue weighted by Gasteiger charge is -2.37. The molecule has 0 aliphatic heterocycles. The Balaban J connectivity index is 2.24. The first-order valence-corrected chi connectivity index (χ1v) is 6.92. The van der Waals surface area contributed by atoms with Gasteiger partial charge in [-0.05, 0) is 30.9 Å². The van der Waals surface area contributed by atoms with Crippen LogP contribution in [0.2, 0.25) is 0 Å². The predicted octanol–water partition coefficient (Wildman–Crippen LogP) is 2.63. The van der Waals surface area contributed by atoms with Gasteiger partial charge in [0, 0.05) is 6.42 Å². The molecule has 1 aliphatic rings. The summed E-state index contributed by atoms with van der Waals surface area (Å²) < 4.78 is 42.5. The van der Waals surface area contributed by atoms with Crippen molar-refractivity contribution in [2.75, 3.05) is 13.2 Å². The van der Waals surface area contributed by atoms with Crippen LogP contribution < -0.4 is 5.32 Å². The zero-order valence-corrected chi connectivity index (χ0v) is 11.8. The number of carbonyl (C=O) groups excluding carboxylic acids is 1. The molecule has 1 atom stereocenters. The molecule has 0 bridgehead atoms. The highest BCUT2D eigenvalue weighted by molar-refractivity contribution is 5.82. The zero-order valence-electron chi connectivity index (χ0n) is 11.8. The van der Waals surface area contributed by atoms with Gasteiger partial charge in [0.15, 0.2) is 0 Å². The first-order valence-electron chi connectivity index (χ1n) is 6.92. The Morgan fingerprint density at radius 3 is 2.62 bits per heavy atom. The van der Waals surface area contributed by atoms with Gasteiger partial charge in [0.1, 0.15) is 5.54 Å². The molecule has 21 heavy (non-hydrogen) atoms. The summed E-state index contributed by atoms with van der Waals surface area (Å²) >= 11 is 0. The fourth-order valence-electron chi connectivity index (χ4n) is 2.67. The highest BCUT2D eigenvalue weighted by Crippen LogP contribution is 2.30. The second-order valence-corrected chi connectivity index (χ2v) is 5.22. The van der Waals surface area contributed by atoms with Crippen LogP contribution in [0.3, 0.4) is 0 Å². The first kappa shape index (κ1) is 15.8. The van der Waals surface area contributed by atoms with Crippen molar-refractivity contribution in [2.24, 2.45) is 0 Å². The number of aryl methyl sites for hydroxylation is 1. The van der Waals surface area contributed by atoms with Gasteiger partial charge in [-0.3, -0.25) is 10.1 Å². The standard InChI is InChI=1S/C15H18F3NO2/c1-2-21-13(20)14(19-10-15(16,17)18)8-7-11-5-3-4-6-12(11)9-14/h3-6,19H,2,7-10H2,1H3. The molecule has 0 radical (unpaired) electrons. The number of alkyl halides is 3. The van der Waals surface area contributed by atoms with Crippen molar-refractivity contribution >= 4 is 5.97 Å². The maximum atomic E-state index is 12.5. The minimum atomic E-state index is -4.36. The maximum absolute atomic E-state index is 12.5. The van der Waals surface area contributed by atoms with Gasteiger partial charge in [0.25, 0.3) is 0 Å². The number of hydrogen-bond acceptors (Lipinski definition) is 3. The van der Waals surface area contributed by atoms with Gasteiger partial charge in [-0.1, -0.05) is 24.3 Å². The van der Waals surface area contributed by atoms with Gasteiger partial charge >= 0.3 is 12.1 Å². The van der Waals surface area contributed by atoms with Crippen LogP contribution in [0.15, 0.2) is 24.3 Å². The molecule has 1 aliphatic carbocycles. The Bertz CT molecular complexity index is 516. The molecular formula is C15H18F3NO2. The second kappa shape index (κ2) is 6.05. The topological polar surface area (TPSA) is 38.3 Å². The molecule has 0 saturated heterocycles. The van der Waals surface area contributed by atoms with E-state index in [1.54, 1.807) is 6.92 Å². The molecule has 1 aromatic rings. The molecular weight excluding hydrogens is 283 g/mol. The Morgan fingerprint density at radius 2 is 2.00 bits per heavy atom. The van der Waals surface area contributed by atoms with Crippen molar-refractivity contribution in [3.05, 3.63) is 35.4 Å². The predicted molar refractivity (Wildman–Crippen MR) is 71.9 cm³/mol. The van der Waals surface area contributed by atoms with E-state index in [-0.39, 0.29) is 13.0 Å². The zero-order chi connectivity index (χ0) is 15.5. The van der Waals surface area contributed by atoms with E-state index in [1.165, 1.54) is 0 Å². The molecule has 0 aromatic heterocycles. The van der Waals surface area contributed by atoms with Crippen molar-refractivity contribution in [1.82, 2.24) is 5.32 Å². The Morgan fingerprint density at radius 1 is 1.33 bits per heavy atom. The monoisotopic (exact) mass is 301 g/mol. The summed E-state index contributed by atoms with van der Waals surface area (Å²) in [6.07, 6.45) is -3.28. The van der Waals surface area contributed by atoms with E-state index in [4.69, 9.17) is 4.74 Å². The number of hydrogen-bond donors (Lipinski definition) is 1. The van der Waals surface area contributed by atoms with Crippen LogP contribution in [0.4, 0.5) is 13.2 Å². The fourth-order valence-corrected chi connectivity index (χ4v) is 2.67. The Kier molecular flexibility index (Phi) is 4.56. The number of benzene rings is 1. The van der Waals surface area contributed by atoms with Crippen molar-refractivity contribution in [1.29, 1.82) is 0 Å². The van der Waals surface area contributed by atoms with E-state index in [0.717, 1.165) is 11.1 Å². The molecule has 2 rings (SSSR count). The quantitative estimate of drug-likeness (QED) is 0.869. The summed E-state index contributed by atoms with van der Waals surface area (Å²) in [7, 11) is 0. The minimum Gasteiger partial charge on any atom is -0.465 e. The van der Waals surface area contributed by atoms with E-state index in [9.17, 15) is 18.0 Å². The summed E-state index contributed by atoms with van der Waals surface area (Å²) in [6.45, 7) is 0.593. The molecule has 6 heteroatoms. The second-order valence-electron chi connectivity index (χ2n) is 5.22. The summed E-state index contributed by atoms with van der Waals surface area (Å²) in [5.74, 6) is -0.608. The van der Waals surface area contributed by atoms with Gasteiger partial charge in [-0.15, -0.1) is 0 Å². The van der Waals surface area contributed by atoms with Crippen LogP contribution >= 0.6 is 0 Å². The van der Waals surface area contributed by atoms with Crippen LogP contribution in [-0.2, 0) is 22.4 Å². The number of nitrogens with one attached hydrogen (secondary N) is 1. The van der Waals surface area contributed by atoms with Gasteiger partial charge in [-0.2, -0.15) is 13.2 Å². The van der Waals surface area contributed by atoms with Crippen LogP contribution in [-0.4, -0.2) is 30.8 Å². The highest BCUT2D eigenvalue weighted by Gasteiger charge is 2.44. The SMILES string of the molecule is CCOC(=O)C1(NCC(F)(F)F)CCc2ccccc2C1. The summed E-state index contributed by atoms with van der Waals surface area (Å²) in [4.78, 5) is 12.2. The number of halogens is 3. The Hall–Kier alpha value is -1.56. The third kappa shape index (κ3) is 3.75. The fraction of sp³-hybridized carbons (Fsp3) is 0.533. The number of carbonyl (C=O) groups is 1. The molecule has 0 heterocycles. The van der Waals surface area contributed by atoms with E-state index < -0.39 is 24.2 Å². The third-order valence-electron chi connectivity index (χ3n) is 3.73. The van der Waals surface area contributed by atoms with Gasteiger partial charge in [0.05, 0.1) is 13.2 Å². The summed E-state index contributed by atoms with van der Waals surface area (Å²) in [5, 5.41) is 2.40.